The molecular formula is C25H27NO6S. The van der Waals surface area contributed by atoms with Gasteiger partial charge in [0.05, 0.1) is 18.9 Å². The zero-order chi connectivity index (χ0) is 24.0. The number of anilines is 1. The minimum atomic E-state index is -4.07. The Bertz CT molecular complexity index is 1250. The van der Waals surface area contributed by atoms with Gasteiger partial charge in [0.2, 0.25) is 0 Å². The SMILES string of the molecule is COC(CCc1ccc(C(=O)Nc2ccc3ccccc3c2S(=O)(=O)OC)cc1)CC(C)=O. The second-order valence-electron chi connectivity index (χ2n) is 7.74. The second-order valence-corrected chi connectivity index (χ2v) is 9.39. The van der Waals surface area contributed by atoms with Crippen LogP contribution in [-0.2, 0) is 30.3 Å². The summed E-state index contributed by atoms with van der Waals surface area (Å²) in [6, 6.07) is 17.3. The maximum absolute atomic E-state index is 12.9. The van der Waals surface area contributed by atoms with E-state index >= 15 is 0 Å². The zero-order valence-electron chi connectivity index (χ0n) is 18.8. The number of rotatable bonds is 10. The van der Waals surface area contributed by atoms with Gasteiger partial charge in [-0.3, -0.25) is 13.8 Å². The van der Waals surface area contributed by atoms with Gasteiger partial charge < -0.3 is 10.1 Å². The Morgan fingerprint density at radius 1 is 0.970 bits per heavy atom. The van der Waals surface area contributed by atoms with Crippen molar-refractivity contribution >= 4 is 38.3 Å². The lowest BCUT2D eigenvalue weighted by atomic mass is 10.0. The lowest BCUT2D eigenvalue weighted by Crippen LogP contribution is -2.16. The van der Waals surface area contributed by atoms with Crippen molar-refractivity contribution in [3.05, 3.63) is 71.8 Å². The molecule has 0 saturated carbocycles. The predicted molar refractivity (Wildman–Crippen MR) is 127 cm³/mol. The molecule has 0 fully saturated rings. The van der Waals surface area contributed by atoms with Crippen molar-refractivity contribution in [2.45, 2.75) is 37.2 Å². The number of benzene rings is 3. The summed E-state index contributed by atoms with van der Waals surface area (Å²) in [5.74, 6) is -0.354. The number of hydrogen-bond acceptors (Lipinski definition) is 6. The van der Waals surface area contributed by atoms with Gasteiger partial charge in [0, 0.05) is 24.5 Å². The number of Topliss-reactive ketones (excluding diaryl/α,β-unsaturated/α-hetero) is 1. The number of hydrogen-bond donors (Lipinski definition) is 1. The summed E-state index contributed by atoms with van der Waals surface area (Å²) in [5, 5.41) is 3.89. The van der Waals surface area contributed by atoms with Crippen LogP contribution in [0.25, 0.3) is 10.8 Å². The number of carbonyl (C=O) groups is 2. The molecule has 33 heavy (non-hydrogen) atoms. The van der Waals surface area contributed by atoms with Crippen LogP contribution in [0.3, 0.4) is 0 Å². The van der Waals surface area contributed by atoms with Crippen molar-refractivity contribution in [2.75, 3.05) is 19.5 Å². The van der Waals surface area contributed by atoms with Crippen LogP contribution in [0.1, 0.15) is 35.7 Å². The smallest absolute Gasteiger partial charge is 0.299 e. The third-order valence-corrected chi connectivity index (χ3v) is 6.80. The van der Waals surface area contributed by atoms with Crippen LogP contribution in [0.2, 0.25) is 0 Å². The van der Waals surface area contributed by atoms with Gasteiger partial charge in [-0.1, -0.05) is 42.5 Å². The lowest BCUT2D eigenvalue weighted by Gasteiger charge is -2.14. The molecule has 0 saturated heterocycles. The third-order valence-electron chi connectivity index (χ3n) is 5.42. The Kier molecular flexibility index (Phi) is 7.97. The Hall–Kier alpha value is -3.07. The first-order chi connectivity index (χ1) is 15.7. The number of carbonyl (C=O) groups excluding carboxylic acids is 2. The van der Waals surface area contributed by atoms with Crippen molar-refractivity contribution < 1.29 is 26.9 Å². The first-order valence-corrected chi connectivity index (χ1v) is 11.9. The van der Waals surface area contributed by atoms with Crippen molar-refractivity contribution in [3.8, 4) is 0 Å². The molecule has 174 valence electrons. The number of aryl methyl sites for hydroxylation is 1. The molecule has 1 unspecified atom stereocenters. The topological polar surface area (TPSA) is 98.8 Å². The summed E-state index contributed by atoms with van der Waals surface area (Å²) in [6.45, 7) is 1.54. The quantitative estimate of drug-likeness (QED) is 0.443. The molecule has 7 nitrogen and oxygen atoms in total. The molecule has 3 aromatic carbocycles. The Morgan fingerprint density at radius 2 is 1.67 bits per heavy atom. The highest BCUT2D eigenvalue weighted by atomic mass is 32.2. The molecule has 8 heteroatoms. The number of amides is 1. The molecule has 0 spiro atoms. The molecule has 1 amide bonds. The van der Waals surface area contributed by atoms with E-state index in [4.69, 9.17) is 8.92 Å². The molecule has 3 aromatic rings. The molecular weight excluding hydrogens is 442 g/mol. The van der Waals surface area contributed by atoms with E-state index in [9.17, 15) is 18.0 Å². The van der Waals surface area contributed by atoms with E-state index in [2.05, 4.69) is 5.32 Å². The minimum Gasteiger partial charge on any atom is -0.381 e. The molecule has 1 atom stereocenters. The fraction of sp³-hybridized carbons (Fsp3) is 0.280. The molecule has 3 rings (SSSR count). The molecule has 0 aliphatic carbocycles. The number of ether oxygens (including phenoxy) is 1. The first-order valence-electron chi connectivity index (χ1n) is 10.5. The highest BCUT2D eigenvalue weighted by Crippen LogP contribution is 2.32. The summed E-state index contributed by atoms with van der Waals surface area (Å²) in [5.41, 5.74) is 1.54. The van der Waals surface area contributed by atoms with E-state index in [-0.39, 0.29) is 22.5 Å². The fourth-order valence-electron chi connectivity index (χ4n) is 3.66. The molecule has 0 radical (unpaired) electrons. The number of fused-ring (bicyclic) bond motifs is 1. The Labute approximate surface area is 193 Å². The van der Waals surface area contributed by atoms with E-state index in [1.165, 1.54) is 6.92 Å². The fourth-order valence-corrected chi connectivity index (χ4v) is 4.67. The van der Waals surface area contributed by atoms with E-state index in [0.717, 1.165) is 18.1 Å². The monoisotopic (exact) mass is 469 g/mol. The zero-order valence-corrected chi connectivity index (χ0v) is 19.6. The maximum atomic E-state index is 12.9. The van der Waals surface area contributed by atoms with E-state index in [1.54, 1.807) is 55.6 Å². The number of ketones is 1. The van der Waals surface area contributed by atoms with Crippen LogP contribution in [-0.4, -0.2) is 40.4 Å². The van der Waals surface area contributed by atoms with E-state index in [0.29, 0.717) is 30.2 Å². The van der Waals surface area contributed by atoms with Crippen LogP contribution in [0.15, 0.2) is 65.6 Å². The summed E-state index contributed by atoms with van der Waals surface area (Å²) in [7, 11) is -1.39. The van der Waals surface area contributed by atoms with E-state index < -0.39 is 16.0 Å². The van der Waals surface area contributed by atoms with Gasteiger partial charge in [0.25, 0.3) is 16.0 Å². The van der Waals surface area contributed by atoms with Crippen LogP contribution in [0.4, 0.5) is 5.69 Å². The summed E-state index contributed by atoms with van der Waals surface area (Å²) >= 11 is 0. The van der Waals surface area contributed by atoms with Crippen molar-refractivity contribution in [2.24, 2.45) is 0 Å². The van der Waals surface area contributed by atoms with Crippen molar-refractivity contribution in [1.29, 1.82) is 0 Å². The molecule has 0 bridgehead atoms. The third kappa shape index (κ3) is 6.04. The van der Waals surface area contributed by atoms with Gasteiger partial charge >= 0.3 is 0 Å². The standard InChI is InChI=1S/C25H27NO6S/c1-17(27)16-21(31-2)14-10-18-8-11-20(12-9-18)25(28)26-23-15-13-19-6-4-5-7-22(19)24(23)33(29,30)32-3/h4-9,11-13,15,21H,10,14,16H2,1-3H3,(H,26,28). The molecule has 0 aromatic heterocycles. The van der Waals surface area contributed by atoms with Crippen molar-refractivity contribution in [1.82, 2.24) is 0 Å². The lowest BCUT2D eigenvalue weighted by molar-refractivity contribution is -0.119. The highest BCUT2D eigenvalue weighted by molar-refractivity contribution is 7.87. The van der Waals surface area contributed by atoms with Crippen molar-refractivity contribution in [3.63, 3.8) is 0 Å². The second kappa shape index (κ2) is 10.7. The van der Waals surface area contributed by atoms with Crippen LogP contribution < -0.4 is 5.32 Å². The molecule has 0 aliphatic rings. The van der Waals surface area contributed by atoms with Gasteiger partial charge in [-0.2, -0.15) is 8.42 Å². The van der Waals surface area contributed by atoms with E-state index in [1.807, 2.05) is 12.1 Å². The predicted octanol–water partition coefficient (Wildman–Crippen LogP) is 4.35. The maximum Gasteiger partial charge on any atom is 0.299 e. The Morgan fingerprint density at radius 3 is 2.30 bits per heavy atom. The van der Waals surface area contributed by atoms with Crippen LogP contribution in [0.5, 0.6) is 0 Å². The molecule has 0 heterocycles. The largest absolute Gasteiger partial charge is 0.381 e. The average Bonchev–Trinajstić information content (AvgIpc) is 2.81. The van der Waals surface area contributed by atoms with Gasteiger partial charge in [-0.25, -0.2) is 0 Å². The van der Waals surface area contributed by atoms with Gasteiger partial charge in [0.15, 0.2) is 0 Å². The first kappa shape index (κ1) is 24.6. The van der Waals surface area contributed by atoms with Crippen LogP contribution in [0, 0.1) is 0 Å². The van der Waals surface area contributed by atoms with Gasteiger partial charge in [0.1, 0.15) is 10.7 Å². The minimum absolute atomic E-state index is 0.0795. The molecule has 0 aliphatic heterocycles. The molecule has 1 N–H and O–H groups in total. The summed E-state index contributed by atoms with van der Waals surface area (Å²) < 4.78 is 35.3. The number of methoxy groups -OCH3 is 1. The average molecular weight is 470 g/mol. The van der Waals surface area contributed by atoms with Gasteiger partial charge in [-0.05, 0) is 48.9 Å². The number of nitrogens with one attached hydrogen (secondary N) is 1. The highest BCUT2D eigenvalue weighted by Gasteiger charge is 2.23. The summed E-state index contributed by atoms with van der Waals surface area (Å²) in [4.78, 5) is 24.1. The normalized spacial score (nSPS) is 12.5. The van der Waals surface area contributed by atoms with Crippen LogP contribution >= 0.6 is 0 Å². The summed E-state index contributed by atoms with van der Waals surface area (Å²) in [6.07, 6.45) is 1.63. The van der Waals surface area contributed by atoms with Gasteiger partial charge in [-0.15, -0.1) is 0 Å². The Balaban J connectivity index is 1.79.